The first kappa shape index (κ1) is 24.9. The Kier molecular flexibility index (Phi) is 7.51. The smallest absolute Gasteiger partial charge is 0.266 e. The van der Waals surface area contributed by atoms with E-state index >= 15 is 0 Å². The van der Waals surface area contributed by atoms with E-state index < -0.39 is 23.8 Å². The number of anilines is 1. The molecule has 0 saturated carbocycles. The highest BCUT2D eigenvalue weighted by Gasteiger charge is 2.21. The minimum absolute atomic E-state index is 0.0930. The maximum absolute atomic E-state index is 14.7. The van der Waals surface area contributed by atoms with Crippen LogP contribution in [0, 0.1) is 12.7 Å². The van der Waals surface area contributed by atoms with Crippen LogP contribution in [0.3, 0.4) is 0 Å². The molecule has 3 aromatic rings. The van der Waals surface area contributed by atoms with Crippen LogP contribution in [0.1, 0.15) is 42.8 Å². The van der Waals surface area contributed by atoms with Gasteiger partial charge in [-0.25, -0.2) is 23.1 Å². The lowest BCUT2D eigenvalue weighted by molar-refractivity contribution is 0.0388. The van der Waals surface area contributed by atoms with Gasteiger partial charge in [-0.2, -0.15) is 0 Å². The zero-order chi connectivity index (χ0) is 25.1. The number of ether oxygens (including phenoxy) is 1. The van der Waals surface area contributed by atoms with Crippen LogP contribution in [-0.4, -0.2) is 52.3 Å². The summed E-state index contributed by atoms with van der Waals surface area (Å²) in [6.45, 7) is 11.2. The van der Waals surface area contributed by atoms with Gasteiger partial charge in [0.15, 0.2) is 0 Å². The molecular formula is C25H28F3N5O2. The van der Waals surface area contributed by atoms with E-state index in [2.05, 4.69) is 26.8 Å². The molecule has 0 bridgehead atoms. The molecule has 1 atom stereocenters. The Morgan fingerprint density at radius 1 is 1.23 bits per heavy atom. The average Bonchev–Trinajstić information content (AvgIpc) is 2.82. The quantitative estimate of drug-likeness (QED) is 0.503. The second-order valence-electron chi connectivity index (χ2n) is 8.59. The SMILES string of the molecule is C=C(CCN1CCOCC1)n1cc2c(N[C@H](C)c3cccc(C(F)F)c3F)nc(C)nc2cc1=O. The van der Waals surface area contributed by atoms with E-state index in [1.807, 2.05) is 0 Å². The molecule has 0 unspecified atom stereocenters. The van der Waals surface area contributed by atoms with Crippen molar-refractivity contribution >= 4 is 22.4 Å². The van der Waals surface area contributed by atoms with E-state index in [1.54, 1.807) is 20.0 Å². The van der Waals surface area contributed by atoms with E-state index in [4.69, 9.17) is 4.74 Å². The Morgan fingerprint density at radius 3 is 2.66 bits per heavy atom. The molecule has 3 heterocycles. The second-order valence-corrected chi connectivity index (χ2v) is 8.59. The molecule has 10 heteroatoms. The number of nitrogens with zero attached hydrogens (tertiary/aromatic N) is 4. The largest absolute Gasteiger partial charge is 0.379 e. The molecule has 4 rings (SSSR count). The lowest BCUT2D eigenvalue weighted by Crippen LogP contribution is -2.37. The molecule has 35 heavy (non-hydrogen) atoms. The normalized spacial score (nSPS) is 15.5. The maximum atomic E-state index is 14.7. The van der Waals surface area contributed by atoms with Crippen molar-refractivity contribution in [3.8, 4) is 0 Å². The minimum Gasteiger partial charge on any atom is -0.379 e. The standard InChI is InChI=1S/C25H28F3N5O2/c1-15(7-8-32-9-11-35-12-10-32)33-14-20-21(13-22(33)34)30-17(3)31-25(20)29-16(2)18-5-4-6-19(23(18)26)24(27)28/h4-6,13-14,16,24H,1,7-12H2,2-3H3,(H,29,30,31)/t16-/m1/s1. The van der Waals surface area contributed by atoms with E-state index in [0.29, 0.717) is 47.9 Å². The Morgan fingerprint density at radius 2 is 1.94 bits per heavy atom. The lowest BCUT2D eigenvalue weighted by Gasteiger charge is -2.27. The lowest BCUT2D eigenvalue weighted by atomic mass is 10.0. The van der Waals surface area contributed by atoms with Crippen LogP contribution in [0.15, 0.2) is 41.8 Å². The third-order valence-electron chi connectivity index (χ3n) is 6.12. The Bertz CT molecular complexity index is 1290. The summed E-state index contributed by atoms with van der Waals surface area (Å²) in [5.74, 6) is -0.167. The van der Waals surface area contributed by atoms with Gasteiger partial charge in [0, 0.05) is 49.6 Å². The van der Waals surface area contributed by atoms with Crippen LogP contribution in [0.4, 0.5) is 19.0 Å². The summed E-state index contributed by atoms with van der Waals surface area (Å²) in [6.07, 6.45) is -0.704. The van der Waals surface area contributed by atoms with Gasteiger partial charge in [0.05, 0.1) is 35.7 Å². The van der Waals surface area contributed by atoms with Crippen molar-refractivity contribution in [3.05, 3.63) is 70.2 Å². The Balaban J connectivity index is 1.63. The van der Waals surface area contributed by atoms with Crippen LogP contribution in [0.25, 0.3) is 16.6 Å². The van der Waals surface area contributed by atoms with Gasteiger partial charge in [-0.15, -0.1) is 0 Å². The van der Waals surface area contributed by atoms with Gasteiger partial charge in [0.25, 0.3) is 12.0 Å². The Labute approximate surface area is 201 Å². The van der Waals surface area contributed by atoms with E-state index in [1.165, 1.54) is 22.8 Å². The summed E-state index contributed by atoms with van der Waals surface area (Å²) in [5, 5.41) is 3.66. The number of alkyl halides is 2. The molecule has 1 fully saturated rings. The number of morpholine rings is 1. The van der Waals surface area contributed by atoms with Crippen molar-refractivity contribution in [1.29, 1.82) is 0 Å². The molecule has 0 radical (unpaired) electrons. The van der Waals surface area contributed by atoms with Crippen LogP contribution in [-0.2, 0) is 4.74 Å². The van der Waals surface area contributed by atoms with Gasteiger partial charge in [-0.05, 0) is 13.8 Å². The molecule has 1 saturated heterocycles. The number of halogens is 3. The molecule has 186 valence electrons. The first-order valence-electron chi connectivity index (χ1n) is 11.5. The van der Waals surface area contributed by atoms with Crippen molar-refractivity contribution in [2.45, 2.75) is 32.7 Å². The van der Waals surface area contributed by atoms with Gasteiger partial charge in [0.1, 0.15) is 17.5 Å². The molecule has 1 N–H and O–H groups in total. The summed E-state index contributed by atoms with van der Waals surface area (Å²) in [6, 6.07) is 4.67. The zero-order valence-corrected chi connectivity index (χ0v) is 19.7. The number of hydrogen-bond donors (Lipinski definition) is 1. The molecule has 1 aliphatic rings. The summed E-state index contributed by atoms with van der Waals surface area (Å²) in [7, 11) is 0. The molecule has 0 spiro atoms. The van der Waals surface area contributed by atoms with Crippen LogP contribution < -0.4 is 10.9 Å². The average molecular weight is 488 g/mol. The molecule has 1 aromatic carbocycles. The number of fused-ring (bicyclic) bond motifs is 1. The van der Waals surface area contributed by atoms with Gasteiger partial charge in [0.2, 0.25) is 0 Å². The van der Waals surface area contributed by atoms with Crippen molar-refractivity contribution in [1.82, 2.24) is 19.4 Å². The van der Waals surface area contributed by atoms with Crippen LogP contribution >= 0.6 is 0 Å². The van der Waals surface area contributed by atoms with Crippen molar-refractivity contribution in [3.63, 3.8) is 0 Å². The molecular weight excluding hydrogens is 459 g/mol. The minimum atomic E-state index is -2.91. The first-order chi connectivity index (χ1) is 16.7. The first-order valence-corrected chi connectivity index (χ1v) is 11.5. The summed E-state index contributed by atoms with van der Waals surface area (Å²) >= 11 is 0. The van der Waals surface area contributed by atoms with E-state index in [9.17, 15) is 18.0 Å². The number of aromatic nitrogens is 3. The molecule has 2 aromatic heterocycles. The fourth-order valence-corrected chi connectivity index (χ4v) is 4.16. The van der Waals surface area contributed by atoms with Crippen molar-refractivity contribution < 1.29 is 17.9 Å². The number of hydrogen-bond acceptors (Lipinski definition) is 6. The molecule has 7 nitrogen and oxygen atoms in total. The molecule has 0 amide bonds. The summed E-state index contributed by atoms with van der Waals surface area (Å²) in [5.41, 5.74) is 0.230. The predicted octanol–water partition coefficient (Wildman–Crippen LogP) is 4.54. The highest BCUT2D eigenvalue weighted by molar-refractivity contribution is 5.89. The zero-order valence-electron chi connectivity index (χ0n) is 19.7. The highest BCUT2D eigenvalue weighted by atomic mass is 19.3. The predicted molar refractivity (Wildman–Crippen MR) is 129 cm³/mol. The van der Waals surface area contributed by atoms with E-state index in [-0.39, 0.29) is 11.1 Å². The molecule has 0 aliphatic carbocycles. The fraction of sp³-hybridized carbons (Fsp3) is 0.400. The van der Waals surface area contributed by atoms with Crippen LogP contribution in [0.5, 0.6) is 0 Å². The summed E-state index contributed by atoms with van der Waals surface area (Å²) < 4.78 is 47.9. The van der Waals surface area contributed by atoms with E-state index in [0.717, 1.165) is 25.7 Å². The Hall–Kier alpha value is -3.24. The number of benzene rings is 1. The van der Waals surface area contributed by atoms with Gasteiger partial charge < -0.3 is 10.1 Å². The van der Waals surface area contributed by atoms with Gasteiger partial charge in [-0.3, -0.25) is 14.3 Å². The molecule has 1 aliphatic heterocycles. The van der Waals surface area contributed by atoms with Crippen molar-refractivity contribution in [2.75, 3.05) is 38.2 Å². The topological polar surface area (TPSA) is 72.3 Å². The third-order valence-corrected chi connectivity index (χ3v) is 6.12. The van der Waals surface area contributed by atoms with Crippen molar-refractivity contribution in [2.24, 2.45) is 0 Å². The maximum Gasteiger partial charge on any atom is 0.266 e. The number of aryl methyl sites for hydroxylation is 1. The number of pyridine rings is 1. The van der Waals surface area contributed by atoms with Gasteiger partial charge >= 0.3 is 0 Å². The van der Waals surface area contributed by atoms with Crippen LogP contribution in [0.2, 0.25) is 0 Å². The highest BCUT2D eigenvalue weighted by Crippen LogP contribution is 2.30. The monoisotopic (exact) mass is 487 g/mol. The third kappa shape index (κ3) is 5.54. The number of rotatable bonds is 8. The second kappa shape index (κ2) is 10.6. The number of nitrogens with one attached hydrogen (secondary N) is 1. The van der Waals surface area contributed by atoms with Gasteiger partial charge in [-0.1, -0.05) is 24.8 Å². The fourth-order valence-electron chi connectivity index (χ4n) is 4.16. The summed E-state index contributed by atoms with van der Waals surface area (Å²) in [4.78, 5) is 23.9.